The minimum atomic E-state index is -0.972. The molecule has 2 rings (SSSR count). The lowest BCUT2D eigenvalue weighted by molar-refractivity contribution is -0.160. The fourth-order valence-corrected chi connectivity index (χ4v) is 2.41. The molecule has 0 fully saturated rings. The predicted molar refractivity (Wildman–Crippen MR) is 77.7 cm³/mol. The van der Waals surface area contributed by atoms with Crippen molar-refractivity contribution >= 4 is 11.9 Å². The zero-order valence-corrected chi connectivity index (χ0v) is 12.5. The molecule has 112 valence electrons. The molecule has 0 unspecified atom stereocenters. The SMILES string of the molecule is COC(=O)[C@]1(C)CC=CC(=O)N1Cc1ccc(OC)cc1. The first-order chi connectivity index (χ1) is 10.0. The molecule has 1 heterocycles. The number of benzene rings is 1. The number of ether oxygens (including phenoxy) is 2. The van der Waals surface area contributed by atoms with Gasteiger partial charge in [-0.25, -0.2) is 4.79 Å². The number of rotatable bonds is 4. The van der Waals surface area contributed by atoms with Crippen LogP contribution < -0.4 is 4.74 Å². The van der Waals surface area contributed by atoms with Crippen LogP contribution in [-0.4, -0.2) is 36.5 Å². The number of methoxy groups -OCH3 is 2. The second-order valence-corrected chi connectivity index (χ2v) is 5.14. The average Bonchev–Trinajstić information content (AvgIpc) is 2.51. The highest BCUT2D eigenvalue weighted by Gasteiger charge is 2.43. The van der Waals surface area contributed by atoms with Crippen LogP contribution >= 0.6 is 0 Å². The molecule has 0 bridgehead atoms. The van der Waals surface area contributed by atoms with Gasteiger partial charge in [0.1, 0.15) is 11.3 Å². The molecule has 5 nitrogen and oxygen atoms in total. The van der Waals surface area contributed by atoms with Gasteiger partial charge in [-0.15, -0.1) is 0 Å². The van der Waals surface area contributed by atoms with Gasteiger partial charge in [-0.1, -0.05) is 18.2 Å². The number of carbonyl (C=O) groups is 2. The summed E-state index contributed by atoms with van der Waals surface area (Å²) >= 11 is 0. The smallest absolute Gasteiger partial charge is 0.331 e. The summed E-state index contributed by atoms with van der Waals surface area (Å²) in [5.74, 6) is 0.151. The number of nitrogens with zero attached hydrogens (tertiary/aromatic N) is 1. The molecule has 1 aromatic rings. The van der Waals surface area contributed by atoms with E-state index < -0.39 is 11.5 Å². The monoisotopic (exact) mass is 289 g/mol. The summed E-state index contributed by atoms with van der Waals surface area (Å²) in [6.07, 6.45) is 3.65. The van der Waals surface area contributed by atoms with Gasteiger partial charge in [-0.3, -0.25) is 4.79 Å². The molecule has 0 saturated heterocycles. The molecular weight excluding hydrogens is 270 g/mol. The molecule has 0 N–H and O–H groups in total. The topological polar surface area (TPSA) is 55.8 Å². The Morgan fingerprint density at radius 2 is 1.95 bits per heavy atom. The molecule has 1 aromatic carbocycles. The van der Waals surface area contributed by atoms with Crippen molar-refractivity contribution in [1.82, 2.24) is 4.90 Å². The maximum Gasteiger partial charge on any atom is 0.331 e. The van der Waals surface area contributed by atoms with E-state index in [9.17, 15) is 9.59 Å². The van der Waals surface area contributed by atoms with E-state index in [2.05, 4.69) is 0 Å². The summed E-state index contributed by atoms with van der Waals surface area (Å²) in [5.41, 5.74) is -0.0462. The van der Waals surface area contributed by atoms with Crippen LogP contribution in [0.5, 0.6) is 5.75 Å². The van der Waals surface area contributed by atoms with Gasteiger partial charge < -0.3 is 14.4 Å². The zero-order chi connectivity index (χ0) is 15.5. The molecule has 1 aliphatic rings. The highest BCUT2D eigenvalue weighted by molar-refractivity contribution is 5.95. The lowest BCUT2D eigenvalue weighted by Gasteiger charge is -2.40. The van der Waals surface area contributed by atoms with Crippen LogP contribution in [0, 0.1) is 0 Å². The summed E-state index contributed by atoms with van der Waals surface area (Å²) < 4.78 is 9.97. The van der Waals surface area contributed by atoms with Crippen molar-refractivity contribution in [3.05, 3.63) is 42.0 Å². The largest absolute Gasteiger partial charge is 0.497 e. The molecule has 1 amide bonds. The Morgan fingerprint density at radius 3 is 2.52 bits per heavy atom. The van der Waals surface area contributed by atoms with Crippen molar-refractivity contribution in [3.63, 3.8) is 0 Å². The highest BCUT2D eigenvalue weighted by atomic mass is 16.5. The van der Waals surface area contributed by atoms with Crippen LogP contribution in [0.15, 0.2) is 36.4 Å². The van der Waals surface area contributed by atoms with E-state index in [1.165, 1.54) is 13.2 Å². The first kappa shape index (κ1) is 15.1. The first-order valence-corrected chi connectivity index (χ1v) is 6.71. The van der Waals surface area contributed by atoms with E-state index in [1.54, 1.807) is 25.0 Å². The lowest BCUT2D eigenvalue weighted by Crippen LogP contribution is -2.56. The lowest BCUT2D eigenvalue weighted by atomic mass is 9.91. The second-order valence-electron chi connectivity index (χ2n) is 5.14. The van der Waals surface area contributed by atoms with E-state index in [-0.39, 0.29) is 5.91 Å². The van der Waals surface area contributed by atoms with E-state index in [0.29, 0.717) is 13.0 Å². The maximum absolute atomic E-state index is 12.2. The van der Waals surface area contributed by atoms with Gasteiger partial charge in [-0.2, -0.15) is 0 Å². The predicted octanol–water partition coefficient (Wildman–Crippen LogP) is 1.92. The van der Waals surface area contributed by atoms with Crippen molar-refractivity contribution in [2.45, 2.75) is 25.4 Å². The van der Waals surface area contributed by atoms with Crippen molar-refractivity contribution < 1.29 is 19.1 Å². The van der Waals surface area contributed by atoms with Crippen LogP contribution in [0.1, 0.15) is 18.9 Å². The van der Waals surface area contributed by atoms with E-state index >= 15 is 0 Å². The summed E-state index contributed by atoms with van der Waals surface area (Å²) in [5, 5.41) is 0. The van der Waals surface area contributed by atoms with Crippen LogP contribution in [0.3, 0.4) is 0 Å². The number of esters is 1. The third kappa shape index (κ3) is 2.91. The van der Waals surface area contributed by atoms with Crippen molar-refractivity contribution in [2.24, 2.45) is 0 Å². The molecule has 1 atom stereocenters. The van der Waals surface area contributed by atoms with Crippen LogP contribution in [0.2, 0.25) is 0 Å². The van der Waals surface area contributed by atoms with Crippen LogP contribution in [0.4, 0.5) is 0 Å². The summed E-state index contributed by atoms with van der Waals surface area (Å²) in [6.45, 7) is 2.07. The Kier molecular flexibility index (Phi) is 4.31. The van der Waals surface area contributed by atoms with Gasteiger partial charge in [-0.05, 0) is 37.1 Å². The minimum absolute atomic E-state index is 0.190. The molecule has 21 heavy (non-hydrogen) atoms. The molecule has 0 radical (unpaired) electrons. The zero-order valence-electron chi connectivity index (χ0n) is 12.5. The summed E-state index contributed by atoms with van der Waals surface area (Å²) in [6, 6.07) is 7.41. The fourth-order valence-electron chi connectivity index (χ4n) is 2.41. The first-order valence-electron chi connectivity index (χ1n) is 6.71. The quantitative estimate of drug-likeness (QED) is 0.795. The Morgan fingerprint density at radius 1 is 1.29 bits per heavy atom. The van der Waals surface area contributed by atoms with E-state index in [0.717, 1.165) is 11.3 Å². The van der Waals surface area contributed by atoms with Crippen molar-refractivity contribution in [1.29, 1.82) is 0 Å². The van der Waals surface area contributed by atoms with E-state index in [1.807, 2.05) is 24.3 Å². The number of amides is 1. The number of carbonyl (C=O) groups excluding carboxylic acids is 2. The Hall–Kier alpha value is -2.30. The number of hydrogen-bond acceptors (Lipinski definition) is 4. The minimum Gasteiger partial charge on any atom is -0.497 e. The third-order valence-electron chi connectivity index (χ3n) is 3.76. The highest BCUT2D eigenvalue weighted by Crippen LogP contribution is 2.28. The standard InChI is InChI=1S/C16H19NO4/c1-16(15(19)21-3)10-4-5-14(18)17(16)11-12-6-8-13(20-2)9-7-12/h4-9H,10-11H2,1-3H3/t16-/m0/s1. The summed E-state index contributed by atoms with van der Waals surface area (Å²) in [4.78, 5) is 25.8. The molecule has 0 saturated carbocycles. The van der Waals surface area contributed by atoms with Gasteiger partial charge in [0.2, 0.25) is 5.91 Å². The average molecular weight is 289 g/mol. The Balaban J connectivity index is 2.26. The molecule has 1 aliphatic heterocycles. The fraction of sp³-hybridized carbons (Fsp3) is 0.375. The second kappa shape index (κ2) is 5.99. The van der Waals surface area contributed by atoms with Crippen LogP contribution in [-0.2, 0) is 20.9 Å². The van der Waals surface area contributed by atoms with Gasteiger partial charge in [0.15, 0.2) is 0 Å². The molecule has 0 aliphatic carbocycles. The molecule has 5 heteroatoms. The van der Waals surface area contributed by atoms with Gasteiger partial charge in [0, 0.05) is 6.54 Å². The van der Waals surface area contributed by atoms with E-state index in [4.69, 9.17) is 9.47 Å². The van der Waals surface area contributed by atoms with Crippen molar-refractivity contribution in [2.75, 3.05) is 14.2 Å². The normalized spacial score (nSPS) is 21.3. The Bertz CT molecular complexity index is 564. The van der Waals surface area contributed by atoms with Gasteiger partial charge in [0.25, 0.3) is 0 Å². The van der Waals surface area contributed by atoms with Gasteiger partial charge >= 0.3 is 5.97 Å². The van der Waals surface area contributed by atoms with Gasteiger partial charge in [0.05, 0.1) is 14.2 Å². The summed E-state index contributed by atoms with van der Waals surface area (Å²) in [7, 11) is 2.93. The molecule has 0 spiro atoms. The third-order valence-corrected chi connectivity index (χ3v) is 3.76. The molecule has 0 aromatic heterocycles. The van der Waals surface area contributed by atoms with Crippen molar-refractivity contribution in [3.8, 4) is 5.75 Å². The number of hydrogen-bond donors (Lipinski definition) is 0. The van der Waals surface area contributed by atoms with Crippen LogP contribution in [0.25, 0.3) is 0 Å². The molecular formula is C16H19NO4. The Labute approximate surface area is 124 Å². The maximum atomic E-state index is 12.2.